The molecule has 310 valence electrons. The first-order chi connectivity index (χ1) is 25.6. The number of rotatable bonds is 12. The normalized spacial score (nSPS) is 44.1. The molecule has 5 rings (SSSR count). The molecule has 16 nitrogen and oxygen atoms in total. The molecule has 0 aromatic rings. The molecule has 2 N–H and O–H groups in total. The molecular weight excluding hydrogens is 724 g/mol. The third-order valence-corrected chi connectivity index (χ3v) is 14.6. The zero-order valence-corrected chi connectivity index (χ0v) is 33.8. The Morgan fingerprint density at radius 3 is 1.95 bits per heavy atom. The lowest BCUT2D eigenvalue weighted by Crippen LogP contribution is -2.84. The molecule has 16 heteroatoms. The first-order valence-corrected chi connectivity index (χ1v) is 19.0. The molecule has 0 bridgehead atoms. The van der Waals surface area contributed by atoms with E-state index in [-0.39, 0.29) is 18.9 Å². The van der Waals surface area contributed by atoms with Crippen LogP contribution in [0.1, 0.15) is 94.4 Å². The number of esters is 5. The quantitative estimate of drug-likeness (QED) is 0.0725. The molecule has 4 aliphatic carbocycles. The fourth-order valence-electron chi connectivity index (χ4n) is 12.7. The number of Topliss-reactive ketones (excluding diaryl/α,β-unsaturated/α-hetero) is 1. The molecule has 1 heterocycles. The van der Waals surface area contributed by atoms with Crippen LogP contribution in [0.5, 0.6) is 0 Å². The summed E-state index contributed by atoms with van der Waals surface area (Å²) in [7, 11) is 2.50. The number of ketones is 1. The lowest BCUT2D eigenvalue weighted by Gasteiger charge is -2.75. The fourth-order valence-corrected chi connectivity index (χ4v) is 12.7. The van der Waals surface area contributed by atoms with E-state index in [0.717, 1.165) is 14.0 Å². The summed E-state index contributed by atoms with van der Waals surface area (Å²) in [6.45, 7) is 13.4. The standard InChI is InChI=1S/C39H58O16/c1-19(2)37(18-40)25(13-12-16-50-49-11)34(7)15-14-26-35(8,28(34)27(51-20(3)41)30(37)52-21(4)42)31(53-22(5)43)32(54-23(6)44)36(9)38(26,47)17-24(45)29-39(36,55-29)33(46)48-10/h19,25-32,40,47H,12-18H2,1-11H3. The van der Waals surface area contributed by atoms with E-state index in [1.807, 2.05) is 20.8 Å². The second-order valence-electron chi connectivity index (χ2n) is 17.2. The second kappa shape index (κ2) is 14.6. The molecule has 5 fully saturated rings. The maximum Gasteiger partial charge on any atom is 0.342 e. The molecule has 5 aliphatic rings. The van der Waals surface area contributed by atoms with Crippen LogP contribution in [0.25, 0.3) is 0 Å². The number of fused-ring (bicyclic) bond motifs is 7. The van der Waals surface area contributed by atoms with E-state index in [1.54, 1.807) is 6.92 Å². The highest BCUT2D eigenvalue weighted by Crippen LogP contribution is 2.78. The van der Waals surface area contributed by atoms with Crippen molar-refractivity contribution in [1.29, 1.82) is 0 Å². The summed E-state index contributed by atoms with van der Waals surface area (Å²) in [4.78, 5) is 90.7. The predicted octanol–water partition coefficient (Wildman–Crippen LogP) is 2.41. The Kier molecular flexibility index (Phi) is 11.4. The summed E-state index contributed by atoms with van der Waals surface area (Å²) in [5, 5.41) is 25.1. The van der Waals surface area contributed by atoms with Crippen molar-refractivity contribution in [3.8, 4) is 0 Å². The van der Waals surface area contributed by atoms with Gasteiger partial charge in [-0.2, -0.15) is 0 Å². The Morgan fingerprint density at radius 1 is 0.873 bits per heavy atom. The second-order valence-corrected chi connectivity index (χ2v) is 17.2. The molecule has 1 saturated heterocycles. The first-order valence-electron chi connectivity index (χ1n) is 19.0. The first kappa shape index (κ1) is 43.0. The van der Waals surface area contributed by atoms with Crippen molar-refractivity contribution in [2.75, 3.05) is 27.4 Å². The van der Waals surface area contributed by atoms with Gasteiger partial charge in [-0.15, -0.1) is 0 Å². The zero-order valence-electron chi connectivity index (χ0n) is 33.8. The number of epoxide rings is 1. The van der Waals surface area contributed by atoms with E-state index in [4.69, 9.17) is 38.2 Å². The topological polar surface area (TPSA) is 220 Å². The van der Waals surface area contributed by atoms with Gasteiger partial charge in [0.25, 0.3) is 0 Å². The van der Waals surface area contributed by atoms with Crippen LogP contribution in [0.4, 0.5) is 0 Å². The highest BCUT2D eigenvalue weighted by atomic mass is 17.2. The molecule has 14 unspecified atom stereocenters. The Morgan fingerprint density at radius 2 is 1.44 bits per heavy atom. The summed E-state index contributed by atoms with van der Waals surface area (Å²) >= 11 is 0. The largest absolute Gasteiger partial charge is 0.467 e. The SMILES string of the molecule is COOCCCC1C2(C)CCC3C(C)(C(OC(C)=O)C(OC(C)=O)C4(C)C3(O)CC(=O)C3OC34C(=O)OC)C2C(OC(C)=O)C(OC(C)=O)C1(CO)C(C)C. The number of carbonyl (C=O) groups excluding carboxylic acids is 6. The third-order valence-electron chi connectivity index (χ3n) is 14.6. The number of carbonyl (C=O) groups is 6. The van der Waals surface area contributed by atoms with Gasteiger partial charge >= 0.3 is 29.8 Å². The van der Waals surface area contributed by atoms with Gasteiger partial charge in [-0.3, -0.25) is 24.0 Å². The molecule has 1 aliphatic heterocycles. The van der Waals surface area contributed by atoms with Crippen LogP contribution in [0.3, 0.4) is 0 Å². The smallest absolute Gasteiger partial charge is 0.342 e. The van der Waals surface area contributed by atoms with Gasteiger partial charge in [0.15, 0.2) is 18.0 Å². The molecule has 4 saturated carbocycles. The summed E-state index contributed by atoms with van der Waals surface area (Å²) in [6, 6.07) is 0. The van der Waals surface area contributed by atoms with E-state index < -0.39 is 130 Å². The van der Waals surface area contributed by atoms with Crippen molar-refractivity contribution in [2.45, 2.75) is 136 Å². The summed E-state index contributed by atoms with van der Waals surface area (Å²) in [5.74, 6) is -7.48. The number of hydrogen-bond acceptors (Lipinski definition) is 16. The van der Waals surface area contributed by atoms with Crippen molar-refractivity contribution >= 4 is 35.6 Å². The van der Waals surface area contributed by atoms with Crippen LogP contribution in [-0.4, -0.2) is 115 Å². The highest BCUT2D eigenvalue weighted by Gasteiger charge is 2.92. The van der Waals surface area contributed by atoms with Gasteiger partial charge in [0, 0.05) is 50.9 Å². The van der Waals surface area contributed by atoms with E-state index in [1.165, 1.54) is 34.8 Å². The van der Waals surface area contributed by atoms with Gasteiger partial charge in [-0.25, -0.2) is 14.6 Å². The monoisotopic (exact) mass is 782 g/mol. The van der Waals surface area contributed by atoms with Crippen molar-refractivity contribution < 1.29 is 77.2 Å². The molecule has 0 aromatic heterocycles. The molecule has 0 amide bonds. The van der Waals surface area contributed by atoms with Crippen molar-refractivity contribution in [1.82, 2.24) is 0 Å². The van der Waals surface area contributed by atoms with E-state index in [9.17, 15) is 39.0 Å². The predicted molar refractivity (Wildman–Crippen MR) is 187 cm³/mol. The minimum absolute atomic E-state index is 0.172. The average Bonchev–Trinajstić information content (AvgIpc) is 3.85. The van der Waals surface area contributed by atoms with Gasteiger partial charge in [0.2, 0.25) is 5.60 Å². The Balaban J connectivity index is 1.90. The highest BCUT2D eigenvalue weighted by molar-refractivity contribution is 6.01. The van der Waals surface area contributed by atoms with Gasteiger partial charge in [-0.05, 0) is 55.8 Å². The Bertz CT molecular complexity index is 1580. The van der Waals surface area contributed by atoms with Crippen LogP contribution >= 0.6 is 0 Å². The van der Waals surface area contributed by atoms with Crippen molar-refractivity contribution in [3.63, 3.8) is 0 Å². The molecular formula is C39H58O16. The van der Waals surface area contributed by atoms with E-state index in [2.05, 4.69) is 0 Å². The van der Waals surface area contributed by atoms with E-state index >= 15 is 0 Å². The molecule has 55 heavy (non-hydrogen) atoms. The van der Waals surface area contributed by atoms with E-state index in [0.29, 0.717) is 19.3 Å². The van der Waals surface area contributed by atoms with Crippen LogP contribution in [0.15, 0.2) is 0 Å². The lowest BCUT2D eigenvalue weighted by molar-refractivity contribution is -0.359. The summed E-state index contributed by atoms with van der Waals surface area (Å²) in [6.07, 6.45) is -6.25. The molecule has 0 aromatic carbocycles. The molecule has 0 spiro atoms. The van der Waals surface area contributed by atoms with Gasteiger partial charge < -0.3 is 38.6 Å². The number of ether oxygens (including phenoxy) is 6. The fraction of sp³-hybridized carbons (Fsp3) is 0.846. The number of aliphatic hydroxyl groups excluding tert-OH is 1. The Hall–Kier alpha value is -3.18. The number of aliphatic hydroxyl groups is 2. The minimum Gasteiger partial charge on any atom is -0.467 e. The summed E-state index contributed by atoms with van der Waals surface area (Å²) < 4.78 is 36.0. The maximum atomic E-state index is 13.9. The van der Waals surface area contributed by atoms with Crippen LogP contribution in [0.2, 0.25) is 0 Å². The molecule has 0 radical (unpaired) electrons. The minimum atomic E-state index is -2.18. The lowest BCUT2D eigenvalue weighted by atomic mass is 9.31. The van der Waals surface area contributed by atoms with Gasteiger partial charge in [-0.1, -0.05) is 27.7 Å². The number of methoxy groups -OCH3 is 1. The van der Waals surface area contributed by atoms with Crippen molar-refractivity contribution in [2.24, 2.45) is 45.3 Å². The van der Waals surface area contributed by atoms with Crippen molar-refractivity contribution in [3.05, 3.63) is 0 Å². The molecule has 14 atom stereocenters. The average molecular weight is 783 g/mol. The number of hydrogen-bond donors (Lipinski definition) is 2. The van der Waals surface area contributed by atoms with Gasteiger partial charge in [0.1, 0.15) is 18.3 Å². The van der Waals surface area contributed by atoms with Crippen LogP contribution in [-0.2, 0) is 67.0 Å². The Labute approximate surface area is 321 Å². The summed E-state index contributed by atoms with van der Waals surface area (Å²) in [5.41, 5.74) is -9.97. The van der Waals surface area contributed by atoms with Crippen LogP contribution < -0.4 is 0 Å². The van der Waals surface area contributed by atoms with Crippen LogP contribution in [0, 0.1) is 45.3 Å². The maximum absolute atomic E-state index is 13.9. The van der Waals surface area contributed by atoms with Gasteiger partial charge in [0.05, 0.1) is 38.4 Å². The zero-order chi connectivity index (χ0) is 41.3. The third kappa shape index (κ3) is 5.86.